The van der Waals surface area contributed by atoms with Crippen LogP contribution in [0, 0.1) is 0 Å². The van der Waals surface area contributed by atoms with E-state index in [4.69, 9.17) is 16.3 Å². The second-order valence-corrected chi connectivity index (χ2v) is 4.06. The molecule has 0 bridgehead atoms. The summed E-state index contributed by atoms with van der Waals surface area (Å²) in [5.41, 5.74) is 1.82. The summed E-state index contributed by atoms with van der Waals surface area (Å²) in [6, 6.07) is 7.32. The summed E-state index contributed by atoms with van der Waals surface area (Å²) in [6.45, 7) is 2.16. The van der Waals surface area contributed by atoms with Gasteiger partial charge in [-0.3, -0.25) is 0 Å². The van der Waals surface area contributed by atoms with E-state index in [1.54, 1.807) is 19.1 Å². The molecule has 0 unspecified atom stereocenters. The first kappa shape index (κ1) is 13.3. The molecule has 0 fully saturated rings. The number of esters is 1. The van der Waals surface area contributed by atoms with E-state index in [0.29, 0.717) is 17.0 Å². The third-order valence-electron chi connectivity index (χ3n) is 1.94. The molecule has 0 aromatic heterocycles. The molecule has 2 nitrogen and oxygen atoms in total. The van der Waals surface area contributed by atoms with Crippen LogP contribution < -0.4 is 0 Å². The maximum Gasteiger partial charge on any atom is 0.331 e. The number of halogens is 2. The van der Waals surface area contributed by atoms with Crippen LogP contribution in [0.15, 0.2) is 30.3 Å². The predicted molar refractivity (Wildman–Crippen MR) is 69.9 cm³/mol. The highest BCUT2D eigenvalue weighted by atomic mass is 79.9. The molecule has 86 valence electrons. The molecular formula is C12H12BrClO2. The molecule has 16 heavy (non-hydrogen) atoms. The Bertz CT molecular complexity index is 385. The summed E-state index contributed by atoms with van der Waals surface area (Å²) >= 11 is 9.13. The lowest BCUT2D eigenvalue weighted by Gasteiger charge is -2.04. The van der Waals surface area contributed by atoms with Crippen LogP contribution in [0.4, 0.5) is 0 Å². The lowest BCUT2D eigenvalue weighted by atomic mass is 10.1. The molecule has 1 aromatic rings. The quantitative estimate of drug-likeness (QED) is 0.482. The Kier molecular flexibility index (Phi) is 5.56. The van der Waals surface area contributed by atoms with E-state index in [1.807, 2.05) is 12.1 Å². The van der Waals surface area contributed by atoms with Crippen molar-refractivity contribution in [3.63, 3.8) is 0 Å². The zero-order chi connectivity index (χ0) is 12.0. The molecule has 0 heterocycles. The fourth-order valence-electron chi connectivity index (χ4n) is 1.19. The average molecular weight is 304 g/mol. The standard InChI is InChI=1S/C12H12BrClO2/c1-2-16-12(15)7-10(8-13)9-3-5-11(14)6-4-9/h3-7H,2,8H2,1H3. The second kappa shape index (κ2) is 6.71. The zero-order valence-electron chi connectivity index (χ0n) is 8.87. The summed E-state index contributed by atoms with van der Waals surface area (Å²) in [5, 5.41) is 1.27. The Labute approximate surface area is 108 Å². The first-order valence-electron chi connectivity index (χ1n) is 4.86. The number of hydrogen-bond donors (Lipinski definition) is 0. The highest BCUT2D eigenvalue weighted by Crippen LogP contribution is 2.19. The zero-order valence-corrected chi connectivity index (χ0v) is 11.2. The molecule has 0 saturated carbocycles. The molecule has 0 amide bonds. The lowest BCUT2D eigenvalue weighted by Crippen LogP contribution is -2.01. The van der Waals surface area contributed by atoms with Crippen molar-refractivity contribution in [1.82, 2.24) is 0 Å². The van der Waals surface area contributed by atoms with Gasteiger partial charge in [0.2, 0.25) is 0 Å². The minimum atomic E-state index is -0.327. The van der Waals surface area contributed by atoms with E-state index < -0.39 is 0 Å². The van der Waals surface area contributed by atoms with Crippen molar-refractivity contribution < 1.29 is 9.53 Å². The number of carbonyl (C=O) groups is 1. The largest absolute Gasteiger partial charge is 0.463 e. The molecule has 0 spiro atoms. The molecule has 0 aliphatic rings. The third kappa shape index (κ3) is 3.99. The van der Waals surface area contributed by atoms with Gasteiger partial charge in [-0.25, -0.2) is 4.79 Å². The topological polar surface area (TPSA) is 26.3 Å². The van der Waals surface area contributed by atoms with Gasteiger partial charge in [0.05, 0.1) is 6.61 Å². The van der Waals surface area contributed by atoms with Crippen LogP contribution >= 0.6 is 27.5 Å². The van der Waals surface area contributed by atoms with Gasteiger partial charge in [-0.15, -0.1) is 0 Å². The summed E-state index contributed by atoms with van der Waals surface area (Å²) in [4.78, 5) is 11.3. The highest BCUT2D eigenvalue weighted by molar-refractivity contribution is 9.09. The molecule has 0 atom stereocenters. The Morgan fingerprint density at radius 2 is 2.06 bits per heavy atom. The van der Waals surface area contributed by atoms with Crippen LogP contribution in [0.3, 0.4) is 0 Å². The van der Waals surface area contributed by atoms with E-state index in [-0.39, 0.29) is 5.97 Å². The fraction of sp³-hybridized carbons (Fsp3) is 0.250. The third-order valence-corrected chi connectivity index (χ3v) is 2.79. The van der Waals surface area contributed by atoms with Crippen molar-refractivity contribution in [1.29, 1.82) is 0 Å². The molecule has 0 radical (unpaired) electrons. The summed E-state index contributed by atoms with van der Waals surface area (Å²) in [6.07, 6.45) is 1.49. The van der Waals surface area contributed by atoms with Crippen molar-refractivity contribution in [2.24, 2.45) is 0 Å². The van der Waals surface area contributed by atoms with Crippen LogP contribution in [0.2, 0.25) is 5.02 Å². The molecule has 1 rings (SSSR count). The maximum atomic E-state index is 11.3. The highest BCUT2D eigenvalue weighted by Gasteiger charge is 2.04. The second-order valence-electron chi connectivity index (χ2n) is 3.06. The molecular weight excluding hydrogens is 291 g/mol. The molecule has 0 saturated heterocycles. The number of ether oxygens (including phenoxy) is 1. The van der Waals surface area contributed by atoms with E-state index >= 15 is 0 Å². The number of rotatable bonds is 4. The first-order chi connectivity index (χ1) is 7.67. The van der Waals surface area contributed by atoms with Gasteiger partial charge >= 0.3 is 5.97 Å². The van der Waals surface area contributed by atoms with Crippen molar-refractivity contribution >= 4 is 39.1 Å². The number of carbonyl (C=O) groups excluding carboxylic acids is 1. The predicted octanol–water partition coefficient (Wildman–Crippen LogP) is 3.68. The number of alkyl halides is 1. The van der Waals surface area contributed by atoms with Crippen molar-refractivity contribution in [2.75, 3.05) is 11.9 Å². The molecule has 1 aromatic carbocycles. The minimum absolute atomic E-state index is 0.327. The molecule has 4 heteroatoms. The molecule has 0 aliphatic carbocycles. The number of hydrogen-bond acceptors (Lipinski definition) is 2. The van der Waals surface area contributed by atoms with Crippen LogP contribution in [0.1, 0.15) is 12.5 Å². The van der Waals surface area contributed by atoms with Crippen LogP contribution in [0.25, 0.3) is 5.57 Å². The van der Waals surface area contributed by atoms with Gasteiger partial charge in [0.15, 0.2) is 0 Å². The van der Waals surface area contributed by atoms with Crippen molar-refractivity contribution in [3.8, 4) is 0 Å². The van der Waals surface area contributed by atoms with E-state index in [1.165, 1.54) is 6.08 Å². The molecule has 0 aliphatic heterocycles. The summed E-state index contributed by atoms with van der Waals surface area (Å²) in [5.74, 6) is -0.327. The van der Waals surface area contributed by atoms with Crippen LogP contribution in [0.5, 0.6) is 0 Å². The minimum Gasteiger partial charge on any atom is -0.463 e. The van der Waals surface area contributed by atoms with E-state index in [2.05, 4.69) is 15.9 Å². The van der Waals surface area contributed by atoms with Crippen molar-refractivity contribution in [2.45, 2.75) is 6.92 Å². The monoisotopic (exact) mass is 302 g/mol. The van der Waals surface area contributed by atoms with Gasteiger partial charge in [-0.2, -0.15) is 0 Å². The smallest absolute Gasteiger partial charge is 0.331 e. The Morgan fingerprint density at radius 3 is 2.56 bits per heavy atom. The van der Waals surface area contributed by atoms with Crippen LogP contribution in [-0.4, -0.2) is 17.9 Å². The normalized spacial score (nSPS) is 11.3. The van der Waals surface area contributed by atoms with Gasteiger partial charge < -0.3 is 4.74 Å². The van der Waals surface area contributed by atoms with E-state index in [0.717, 1.165) is 11.1 Å². The summed E-state index contributed by atoms with van der Waals surface area (Å²) in [7, 11) is 0. The Hall–Kier alpha value is -0.800. The van der Waals surface area contributed by atoms with Crippen LogP contribution in [-0.2, 0) is 9.53 Å². The first-order valence-corrected chi connectivity index (χ1v) is 6.36. The number of benzene rings is 1. The SMILES string of the molecule is CCOC(=O)C=C(CBr)c1ccc(Cl)cc1. The maximum absolute atomic E-state index is 11.3. The Balaban J connectivity index is 2.89. The van der Waals surface area contributed by atoms with E-state index in [9.17, 15) is 4.79 Å². The lowest BCUT2D eigenvalue weighted by molar-refractivity contribution is -0.137. The number of allylic oxidation sites excluding steroid dienone is 1. The van der Waals surface area contributed by atoms with Gasteiger partial charge in [-0.1, -0.05) is 39.7 Å². The van der Waals surface area contributed by atoms with Gasteiger partial charge in [0, 0.05) is 16.4 Å². The molecule has 0 N–H and O–H groups in total. The average Bonchev–Trinajstić information content (AvgIpc) is 2.27. The van der Waals surface area contributed by atoms with Gasteiger partial charge in [-0.05, 0) is 30.2 Å². The fourth-order valence-corrected chi connectivity index (χ4v) is 1.80. The van der Waals surface area contributed by atoms with Crippen molar-refractivity contribution in [3.05, 3.63) is 40.9 Å². The van der Waals surface area contributed by atoms with Gasteiger partial charge in [0.1, 0.15) is 0 Å². The summed E-state index contributed by atoms with van der Waals surface area (Å²) < 4.78 is 4.86. The van der Waals surface area contributed by atoms with Gasteiger partial charge in [0.25, 0.3) is 0 Å². The Morgan fingerprint density at radius 1 is 1.44 bits per heavy atom.